The van der Waals surface area contributed by atoms with E-state index in [1.54, 1.807) is 24.1 Å². The number of nitrogens with zero attached hydrogens (tertiary/aromatic N) is 3. The molecule has 0 atom stereocenters. The first-order valence-electron chi connectivity index (χ1n) is 4.58. The number of hydrogen-bond donors (Lipinski definition) is 1. The molecular weight excluding hydrogens is 198 g/mol. The molecule has 0 radical (unpaired) electrons. The Labute approximate surface area is 86.1 Å². The van der Waals surface area contributed by atoms with Crippen molar-refractivity contribution in [2.45, 2.75) is 0 Å². The summed E-state index contributed by atoms with van der Waals surface area (Å²) in [4.78, 5) is 27.6. The first-order chi connectivity index (χ1) is 7.08. The molecule has 0 aromatic carbocycles. The Hall–Kier alpha value is -1.85. The molecule has 2 rings (SSSR count). The van der Waals surface area contributed by atoms with Crippen molar-refractivity contribution >= 4 is 11.9 Å². The number of aromatic nitrogens is 2. The molecule has 80 valence electrons. The molecular formula is C9H11N3O3. The van der Waals surface area contributed by atoms with E-state index < -0.39 is 11.9 Å². The average molecular weight is 209 g/mol. The molecule has 1 amide bonds. The van der Waals surface area contributed by atoms with E-state index in [0.717, 1.165) is 0 Å². The van der Waals surface area contributed by atoms with Gasteiger partial charge in [0.05, 0.1) is 12.2 Å². The minimum absolute atomic E-state index is 0.201. The second-order valence-corrected chi connectivity index (χ2v) is 3.67. The Morgan fingerprint density at radius 2 is 2.20 bits per heavy atom. The lowest BCUT2D eigenvalue weighted by molar-refractivity contribution is -0.146. The second kappa shape index (κ2) is 3.38. The van der Waals surface area contributed by atoms with Crippen molar-refractivity contribution in [1.82, 2.24) is 14.5 Å². The van der Waals surface area contributed by atoms with Gasteiger partial charge in [-0.1, -0.05) is 0 Å². The van der Waals surface area contributed by atoms with Gasteiger partial charge in [0.15, 0.2) is 0 Å². The lowest BCUT2D eigenvalue weighted by Crippen LogP contribution is -2.53. The van der Waals surface area contributed by atoms with Crippen LogP contribution in [0.3, 0.4) is 0 Å². The number of aryl methyl sites for hydroxylation is 1. The molecule has 0 bridgehead atoms. The number of carboxylic acid groups (broad SMARTS) is 1. The minimum Gasteiger partial charge on any atom is -0.481 e. The van der Waals surface area contributed by atoms with E-state index in [1.807, 2.05) is 0 Å². The van der Waals surface area contributed by atoms with Crippen LogP contribution >= 0.6 is 0 Å². The summed E-state index contributed by atoms with van der Waals surface area (Å²) >= 11 is 0. The molecule has 0 unspecified atom stereocenters. The summed E-state index contributed by atoms with van der Waals surface area (Å²) in [5, 5.41) is 8.65. The zero-order valence-corrected chi connectivity index (χ0v) is 8.25. The van der Waals surface area contributed by atoms with Gasteiger partial charge in [-0.25, -0.2) is 4.98 Å². The van der Waals surface area contributed by atoms with Crippen LogP contribution in [0.4, 0.5) is 0 Å². The van der Waals surface area contributed by atoms with Crippen LogP contribution in [0.25, 0.3) is 0 Å². The predicted molar refractivity (Wildman–Crippen MR) is 50.2 cm³/mol. The normalized spacial score (nSPS) is 16.2. The summed E-state index contributed by atoms with van der Waals surface area (Å²) in [6.45, 7) is 0.565. The van der Waals surface area contributed by atoms with Crippen molar-refractivity contribution in [3.05, 3.63) is 18.2 Å². The third-order valence-electron chi connectivity index (χ3n) is 2.44. The highest BCUT2D eigenvalue weighted by Gasteiger charge is 2.36. The fourth-order valence-corrected chi connectivity index (χ4v) is 1.49. The first-order valence-corrected chi connectivity index (χ1v) is 4.58. The Balaban J connectivity index is 1.97. The predicted octanol–water partition coefficient (Wildman–Crippen LogP) is -0.423. The van der Waals surface area contributed by atoms with Crippen LogP contribution in [0, 0.1) is 5.92 Å². The average Bonchev–Trinajstić information content (AvgIpc) is 2.48. The molecule has 1 fully saturated rings. The molecule has 2 heterocycles. The molecule has 0 spiro atoms. The molecule has 1 aliphatic heterocycles. The topological polar surface area (TPSA) is 75.4 Å². The van der Waals surface area contributed by atoms with E-state index in [-0.39, 0.29) is 19.0 Å². The summed E-state index contributed by atoms with van der Waals surface area (Å²) < 4.78 is 1.68. The van der Waals surface area contributed by atoms with Crippen molar-refractivity contribution in [3.63, 3.8) is 0 Å². The fourth-order valence-electron chi connectivity index (χ4n) is 1.49. The van der Waals surface area contributed by atoms with Gasteiger partial charge in [0.25, 0.3) is 5.91 Å². The standard InChI is InChI=1S/C9H11N3O3/c1-11-4-7(10-5-11)8(13)12-2-6(3-12)9(14)15/h4-6H,2-3H2,1H3,(H,14,15). The van der Waals surface area contributed by atoms with Crippen LogP contribution in [0.5, 0.6) is 0 Å². The highest BCUT2D eigenvalue weighted by atomic mass is 16.4. The summed E-state index contributed by atoms with van der Waals surface area (Å²) in [5.41, 5.74) is 0.362. The van der Waals surface area contributed by atoms with Crippen LogP contribution in [0.1, 0.15) is 10.5 Å². The Bertz CT molecular complexity index is 406. The van der Waals surface area contributed by atoms with Crippen molar-refractivity contribution in [2.24, 2.45) is 13.0 Å². The van der Waals surface area contributed by atoms with Gasteiger partial charge in [-0.3, -0.25) is 9.59 Å². The number of imidazole rings is 1. The number of aliphatic carboxylic acids is 1. The molecule has 0 aliphatic carbocycles. The number of likely N-dealkylation sites (tertiary alicyclic amines) is 1. The summed E-state index contributed by atoms with van der Waals surface area (Å²) in [6, 6.07) is 0. The fraction of sp³-hybridized carbons (Fsp3) is 0.444. The Morgan fingerprint density at radius 3 is 2.67 bits per heavy atom. The van der Waals surface area contributed by atoms with E-state index in [2.05, 4.69) is 4.98 Å². The third kappa shape index (κ3) is 1.70. The first kappa shape index (κ1) is 9.70. The molecule has 1 saturated heterocycles. The molecule has 1 aromatic rings. The molecule has 0 saturated carbocycles. The maximum atomic E-state index is 11.7. The van der Waals surface area contributed by atoms with Crippen molar-refractivity contribution < 1.29 is 14.7 Å². The van der Waals surface area contributed by atoms with Gasteiger partial charge in [-0.2, -0.15) is 0 Å². The zero-order valence-electron chi connectivity index (χ0n) is 8.25. The number of carbonyl (C=O) groups excluding carboxylic acids is 1. The molecule has 15 heavy (non-hydrogen) atoms. The van der Waals surface area contributed by atoms with E-state index in [1.165, 1.54) is 4.90 Å². The SMILES string of the molecule is Cn1cnc(C(=O)N2CC(C(=O)O)C2)c1. The van der Waals surface area contributed by atoms with Gasteiger partial charge in [-0.15, -0.1) is 0 Å². The van der Waals surface area contributed by atoms with E-state index in [4.69, 9.17) is 5.11 Å². The zero-order chi connectivity index (χ0) is 11.0. The maximum absolute atomic E-state index is 11.7. The molecule has 1 aliphatic rings. The van der Waals surface area contributed by atoms with Crippen molar-refractivity contribution in [1.29, 1.82) is 0 Å². The largest absolute Gasteiger partial charge is 0.481 e. The summed E-state index contributed by atoms with van der Waals surface area (Å²) in [5.74, 6) is -1.47. The number of hydrogen-bond acceptors (Lipinski definition) is 3. The minimum atomic E-state index is -0.847. The van der Waals surface area contributed by atoms with Gasteiger partial charge in [0, 0.05) is 26.3 Å². The maximum Gasteiger partial charge on any atom is 0.310 e. The molecule has 6 heteroatoms. The van der Waals surface area contributed by atoms with Gasteiger partial charge in [0.1, 0.15) is 5.69 Å². The number of carbonyl (C=O) groups is 2. The lowest BCUT2D eigenvalue weighted by Gasteiger charge is -2.36. The van der Waals surface area contributed by atoms with Gasteiger partial charge in [-0.05, 0) is 0 Å². The van der Waals surface area contributed by atoms with Gasteiger partial charge >= 0.3 is 5.97 Å². The highest BCUT2D eigenvalue weighted by Crippen LogP contribution is 2.17. The van der Waals surface area contributed by atoms with Crippen molar-refractivity contribution in [3.8, 4) is 0 Å². The summed E-state index contributed by atoms with van der Waals surface area (Å²) in [7, 11) is 1.78. The molecule has 1 aromatic heterocycles. The van der Waals surface area contributed by atoms with E-state index >= 15 is 0 Å². The quantitative estimate of drug-likeness (QED) is 0.717. The lowest BCUT2D eigenvalue weighted by atomic mass is 10.0. The van der Waals surface area contributed by atoms with E-state index in [0.29, 0.717) is 5.69 Å². The van der Waals surface area contributed by atoms with Crippen LogP contribution in [-0.2, 0) is 11.8 Å². The van der Waals surface area contributed by atoms with Crippen LogP contribution in [-0.4, -0.2) is 44.5 Å². The number of rotatable bonds is 2. The smallest absolute Gasteiger partial charge is 0.310 e. The Kier molecular flexibility index (Phi) is 2.18. The van der Waals surface area contributed by atoms with Gasteiger partial charge in [0.2, 0.25) is 0 Å². The monoisotopic (exact) mass is 209 g/mol. The molecule has 6 nitrogen and oxygen atoms in total. The van der Waals surface area contributed by atoms with Crippen molar-refractivity contribution in [2.75, 3.05) is 13.1 Å². The number of amides is 1. The number of carboxylic acids is 1. The second-order valence-electron chi connectivity index (χ2n) is 3.67. The van der Waals surface area contributed by atoms with Crippen LogP contribution < -0.4 is 0 Å². The van der Waals surface area contributed by atoms with Gasteiger partial charge < -0.3 is 14.6 Å². The third-order valence-corrected chi connectivity index (χ3v) is 2.44. The highest BCUT2D eigenvalue weighted by molar-refractivity contribution is 5.93. The van der Waals surface area contributed by atoms with E-state index in [9.17, 15) is 9.59 Å². The van der Waals surface area contributed by atoms with Crippen LogP contribution in [0.2, 0.25) is 0 Å². The van der Waals surface area contributed by atoms with Crippen LogP contribution in [0.15, 0.2) is 12.5 Å². The Morgan fingerprint density at radius 1 is 1.53 bits per heavy atom. The summed E-state index contributed by atoms with van der Waals surface area (Å²) in [6.07, 6.45) is 3.16. The molecule has 1 N–H and O–H groups in total.